The topological polar surface area (TPSA) is 137 Å². The number of aromatic nitrogens is 4. The van der Waals surface area contributed by atoms with Gasteiger partial charge in [-0.2, -0.15) is 5.10 Å². The van der Waals surface area contributed by atoms with Gasteiger partial charge < -0.3 is 21.1 Å². The van der Waals surface area contributed by atoms with Gasteiger partial charge in [-0.15, -0.1) is 0 Å². The molecular weight excluding hydrogens is 338 g/mol. The van der Waals surface area contributed by atoms with E-state index in [4.69, 9.17) is 10.5 Å². The predicted octanol–water partition coefficient (Wildman–Crippen LogP) is 0.206. The van der Waals surface area contributed by atoms with Crippen LogP contribution in [0.25, 0.3) is 11.0 Å². The van der Waals surface area contributed by atoms with E-state index in [-0.39, 0.29) is 36.5 Å². The zero-order valence-electron chi connectivity index (χ0n) is 13.8. The van der Waals surface area contributed by atoms with Gasteiger partial charge in [0.15, 0.2) is 18.1 Å². The van der Waals surface area contributed by atoms with Gasteiger partial charge in [-0.25, -0.2) is 9.97 Å². The molecule has 10 nitrogen and oxygen atoms in total. The van der Waals surface area contributed by atoms with Crippen molar-refractivity contribution in [2.75, 3.05) is 17.7 Å². The predicted molar refractivity (Wildman–Crippen MR) is 92.5 cm³/mol. The van der Waals surface area contributed by atoms with Gasteiger partial charge in [-0.05, 0) is 17.7 Å². The van der Waals surface area contributed by atoms with E-state index < -0.39 is 0 Å². The summed E-state index contributed by atoms with van der Waals surface area (Å²) in [5.74, 6) is 0.251. The summed E-state index contributed by atoms with van der Waals surface area (Å²) in [4.78, 5) is 32.1. The second-order valence-corrected chi connectivity index (χ2v) is 5.78. The number of nitrogens with one attached hydrogen (secondary N) is 2. The molecule has 3 heterocycles. The number of nitrogen functional groups attached to an aromatic ring is 1. The number of rotatable bonds is 3. The molecular formula is C16H15N7O3. The number of anilines is 2. The Labute approximate surface area is 147 Å². The normalized spacial score (nSPS) is 13.0. The second kappa shape index (κ2) is 5.99. The third-order valence-electron chi connectivity index (χ3n) is 3.99. The maximum Gasteiger partial charge on any atom is 0.272 e. The maximum absolute atomic E-state index is 12.6. The van der Waals surface area contributed by atoms with Crippen LogP contribution in [-0.2, 0) is 18.4 Å². The fourth-order valence-corrected chi connectivity index (χ4v) is 2.80. The molecule has 0 spiro atoms. The lowest BCUT2D eigenvalue weighted by molar-refractivity contribution is -0.118. The van der Waals surface area contributed by atoms with Gasteiger partial charge in [0.1, 0.15) is 23.1 Å². The Morgan fingerprint density at radius 2 is 2.27 bits per heavy atom. The Morgan fingerprint density at radius 1 is 1.42 bits per heavy atom. The Bertz CT molecular complexity index is 1040. The van der Waals surface area contributed by atoms with Gasteiger partial charge in [-0.1, -0.05) is 6.07 Å². The lowest BCUT2D eigenvalue weighted by Crippen LogP contribution is -2.26. The van der Waals surface area contributed by atoms with Crippen LogP contribution in [0.1, 0.15) is 16.1 Å². The van der Waals surface area contributed by atoms with Crippen LogP contribution in [0, 0.1) is 0 Å². The molecule has 0 fully saturated rings. The first kappa shape index (κ1) is 15.8. The van der Waals surface area contributed by atoms with Crippen LogP contribution < -0.4 is 21.1 Å². The third kappa shape index (κ3) is 2.66. The molecule has 3 aromatic rings. The fourth-order valence-electron chi connectivity index (χ4n) is 2.80. The first-order chi connectivity index (χ1) is 12.5. The zero-order chi connectivity index (χ0) is 18.3. The van der Waals surface area contributed by atoms with Gasteiger partial charge in [0.2, 0.25) is 0 Å². The van der Waals surface area contributed by atoms with Gasteiger partial charge in [0.05, 0.1) is 5.69 Å². The number of nitrogens with two attached hydrogens (primary N) is 1. The first-order valence-electron chi connectivity index (χ1n) is 7.80. The molecule has 132 valence electrons. The first-order valence-corrected chi connectivity index (χ1v) is 7.80. The van der Waals surface area contributed by atoms with Crippen molar-refractivity contribution in [2.45, 2.75) is 6.54 Å². The van der Waals surface area contributed by atoms with E-state index in [1.165, 1.54) is 11.0 Å². The number of amides is 2. The van der Waals surface area contributed by atoms with Crippen molar-refractivity contribution >= 4 is 34.4 Å². The number of hydrogen-bond donors (Lipinski definition) is 3. The van der Waals surface area contributed by atoms with Crippen molar-refractivity contribution in [1.29, 1.82) is 0 Å². The monoisotopic (exact) mass is 353 g/mol. The standard InChI is InChI=1S/C16H15N7O3/c1-23-14-12(15(17)22-23)19-7-20-13(14)16(25)18-5-8-2-3-10-9(4-8)21-11(24)6-26-10/h2-4,7H,5-6H2,1H3,(H2,17,22)(H,18,25)(H,21,24). The minimum Gasteiger partial charge on any atom is -0.482 e. The summed E-state index contributed by atoms with van der Waals surface area (Å²) in [5, 5.41) is 9.59. The number of fused-ring (bicyclic) bond motifs is 2. The van der Waals surface area contributed by atoms with Crippen LogP contribution in [0.5, 0.6) is 5.75 Å². The Kier molecular flexibility index (Phi) is 3.64. The third-order valence-corrected chi connectivity index (χ3v) is 3.99. The molecule has 0 aliphatic carbocycles. The summed E-state index contributed by atoms with van der Waals surface area (Å²) in [7, 11) is 1.67. The minimum absolute atomic E-state index is 0.000620. The second-order valence-electron chi connectivity index (χ2n) is 5.78. The fraction of sp³-hybridized carbons (Fsp3) is 0.188. The molecule has 2 amide bonds. The number of carbonyl (C=O) groups excluding carboxylic acids is 2. The summed E-state index contributed by atoms with van der Waals surface area (Å²) in [6.45, 7) is 0.251. The van der Waals surface area contributed by atoms with Crippen LogP contribution in [0.2, 0.25) is 0 Å². The van der Waals surface area contributed by atoms with E-state index in [1.807, 2.05) is 6.07 Å². The summed E-state index contributed by atoms with van der Waals surface area (Å²) < 4.78 is 6.79. The Balaban J connectivity index is 1.55. The molecule has 1 aliphatic rings. The van der Waals surface area contributed by atoms with Crippen molar-refractivity contribution in [3.63, 3.8) is 0 Å². The molecule has 2 aromatic heterocycles. The van der Waals surface area contributed by atoms with Crippen molar-refractivity contribution < 1.29 is 14.3 Å². The van der Waals surface area contributed by atoms with Crippen LogP contribution in [-0.4, -0.2) is 38.2 Å². The van der Waals surface area contributed by atoms with Crippen molar-refractivity contribution in [2.24, 2.45) is 7.05 Å². The Morgan fingerprint density at radius 3 is 3.12 bits per heavy atom. The van der Waals surface area contributed by atoms with Crippen LogP contribution >= 0.6 is 0 Å². The number of hydrogen-bond acceptors (Lipinski definition) is 7. The summed E-state index contributed by atoms with van der Waals surface area (Å²) in [6, 6.07) is 5.32. The highest BCUT2D eigenvalue weighted by atomic mass is 16.5. The lowest BCUT2D eigenvalue weighted by atomic mass is 10.1. The molecule has 0 unspecified atom stereocenters. The molecule has 1 aliphatic heterocycles. The van der Waals surface area contributed by atoms with Gasteiger partial charge >= 0.3 is 0 Å². The largest absolute Gasteiger partial charge is 0.482 e. The molecule has 0 saturated heterocycles. The quantitative estimate of drug-likeness (QED) is 0.612. The van der Waals surface area contributed by atoms with Crippen molar-refractivity contribution in [3.8, 4) is 5.75 Å². The number of benzene rings is 1. The molecule has 0 atom stereocenters. The van der Waals surface area contributed by atoms with E-state index >= 15 is 0 Å². The van der Waals surface area contributed by atoms with E-state index in [0.717, 1.165) is 5.56 Å². The molecule has 4 rings (SSSR count). The average Bonchev–Trinajstić information content (AvgIpc) is 2.93. The van der Waals surface area contributed by atoms with Crippen LogP contribution in [0.3, 0.4) is 0 Å². The van der Waals surface area contributed by atoms with E-state index in [1.54, 1.807) is 19.2 Å². The summed E-state index contributed by atoms with van der Waals surface area (Å²) in [6.07, 6.45) is 1.28. The molecule has 1 aromatic carbocycles. The van der Waals surface area contributed by atoms with E-state index in [9.17, 15) is 9.59 Å². The summed E-state index contributed by atoms with van der Waals surface area (Å²) >= 11 is 0. The number of nitrogens with zero attached hydrogens (tertiary/aromatic N) is 4. The number of ether oxygens (including phenoxy) is 1. The molecule has 26 heavy (non-hydrogen) atoms. The highest BCUT2D eigenvalue weighted by Gasteiger charge is 2.19. The Hall–Kier alpha value is -3.69. The van der Waals surface area contributed by atoms with Gasteiger partial charge in [0.25, 0.3) is 11.8 Å². The highest BCUT2D eigenvalue weighted by molar-refractivity contribution is 6.04. The van der Waals surface area contributed by atoms with Crippen LogP contribution in [0.15, 0.2) is 24.5 Å². The minimum atomic E-state index is -0.376. The molecule has 10 heteroatoms. The average molecular weight is 353 g/mol. The SMILES string of the molecule is Cn1nc(N)c2ncnc(C(=O)NCc3ccc4c(c3)NC(=O)CO4)c21. The molecule has 4 N–H and O–H groups in total. The van der Waals surface area contributed by atoms with Crippen molar-refractivity contribution in [3.05, 3.63) is 35.8 Å². The summed E-state index contributed by atoms with van der Waals surface area (Å²) in [5.41, 5.74) is 8.26. The van der Waals surface area contributed by atoms with Crippen LogP contribution in [0.4, 0.5) is 11.5 Å². The molecule has 0 radical (unpaired) electrons. The molecule has 0 bridgehead atoms. The zero-order valence-corrected chi connectivity index (χ0v) is 13.8. The maximum atomic E-state index is 12.6. The number of aryl methyl sites for hydroxylation is 1. The van der Waals surface area contributed by atoms with E-state index in [2.05, 4.69) is 25.7 Å². The highest BCUT2D eigenvalue weighted by Crippen LogP contribution is 2.28. The van der Waals surface area contributed by atoms with Crippen molar-refractivity contribution in [1.82, 2.24) is 25.1 Å². The number of carbonyl (C=O) groups is 2. The smallest absolute Gasteiger partial charge is 0.272 e. The van der Waals surface area contributed by atoms with E-state index in [0.29, 0.717) is 22.5 Å². The molecule has 0 saturated carbocycles. The van der Waals surface area contributed by atoms with Gasteiger partial charge in [-0.3, -0.25) is 14.3 Å². The van der Waals surface area contributed by atoms with Gasteiger partial charge in [0, 0.05) is 13.6 Å². The lowest BCUT2D eigenvalue weighted by Gasteiger charge is -2.18.